The van der Waals surface area contributed by atoms with Crippen molar-refractivity contribution in [2.45, 2.75) is 50.8 Å². The number of rotatable bonds is 9. The van der Waals surface area contributed by atoms with Crippen LogP contribution in [0.25, 0.3) is 0 Å². The molecule has 0 aliphatic heterocycles. The van der Waals surface area contributed by atoms with Crippen molar-refractivity contribution in [2.75, 3.05) is 20.3 Å². The Morgan fingerprint density at radius 2 is 2.11 bits per heavy atom. The third kappa shape index (κ3) is 4.81. The molecule has 1 atom stereocenters. The second-order valence-corrected chi connectivity index (χ2v) is 7.74. The van der Waals surface area contributed by atoms with Crippen molar-refractivity contribution in [3.05, 3.63) is 28.3 Å². The van der Waals surface area contributed by atoms with Crippen LogP contribution in [0, 0.1) is 0 Å². The van der Waals surface area contributed by atoms with Crippen molar-refractivity contribution >= 4 is 15.9 Å². The average molecular weight is 461 g/mol. The van der Waals surface area contributed by atoms with E-state index in [0.29, 0.717) is 35.0 Å². The van der Waals surface area contributed by atoms with Crippen molar-refractivity contribution in [1.82, 2.24) is 30.5 Å². The minimum Gasteiger partial charge on any atom is -0.495 e. The number of aromatic nitrogens is 5. The van der Waals surface area contributed by atoms with Crippen LogP contribution in [-0.4, -0.2) is 57.5 Å². The van der Waals surface area contributed by atoms with Crippen LogP contribution in [0.2, 0.25) is 0 Å². The first kappa shape index (κ1) is 21.0. The van der Waals surface area contributed by atoms with Crippen molar-refractivity contribution in [1.29, 1.82) is 0 Å². The molecule has 0 amide bonds. The van der Waals surface area contributed by atoms with Gasteiger partial charge >= 0.3 is 0 Å². The van der Waals surface area contributed by atoms with Gasteiger partial charge in [-0.15, -0.1) is 5.10 Å². The Kier molecular flexibility index (Phi) is 6.56. The van der Waals surface area contributed by atoms with Gasteiger partial charge in [0.05, 0.1) is 25.9 Å². The fourth-order valence-corrected chi connectivity index (χ4v) is 3.40. The minimum absolute atomic E-state index is 0.0984. The van der Waals surface area contributed by atoms with Gasteiger partial charge < -0.3 is 9.47 Å². The molecule has 1 fully saturated rings. The Hall–Kier alpha value is -1.72. The van der Waals surface area contributed by atoms with Gasteiger partial charge in [-0.25, -0.2) is 18.4 Å². The van der Waals surface area contributed by atoms with Gasteiger partial charge in [0.2, 0.25) is 0 Å². The van der Waals surface area contributed by atoms with Crippen molar-refractivity contribution in [2.24, 2.45) is 0 Å². The maximum atomic E-state index is 13.4. The molecule has 0 aromatic carbocycles. The van der Waals surface area contributed by atoms with E-state index < -0.39 is 18.0 Å². The van der Waals surface area contributed by atoms with Gasteiger partial charge in [0, 0.05) is 19.4 Å². The lowest BCUT2D eigenvalue weighted by Crippen LogP contribution is -2.40. The van der Waals surface area contributed by atoms with Gasteiger partial charge in [-0.2, -0.15) is 0 Å². The molecule has 2 aromatic rings. The van der Waals surface area contributed by atoms with Crippen LogP contribution in [0.3, 0.4) is 0 Å². The van der Waals surface area contributed by atoms with E-state index in [1.165, 1.54) is 4.68 Å². The summed E-state index contributed by atoms with van der Waals surface area (Å²) in [6, 6.07) is 2.54. The molecule has 1 saturated carbocycles. The molecule has 8 nitrogen and oxygen atoms in total. The van der Waals surface area contributed by atoms with Gasteiger partial charge in [0.25, 0.3) is 5.92 Å². The zero-order chi connectivity index (χ0) is 20.3. The monoisotopic (exact) mass is 460 g/mol. The topological polar surface area (TPSA) is 87.0 Å². The summed E-state index contributed by atoms with van der Waals surface area (Å²) in [6.45, 7) is 4.86. The molecular formula is C17H23BrF2N6O2. The number of pyridine rings is 1. The quantitative estimate of drug-likeness (QED) is 0.454. The predicted molar refractivity (Wildman–Crippen MR) is 100 cm³/mol. The van der Waals surface area contributed by atoms with Crippen LogP contribution >= 0.6 is 15.9 Å². The standard InChI is InChI=1S/C17H23BrF2N6O2/c1-10(2)28-7-6-21-15(14-12(27-3)4-5-13(18)22-14)16-23-24-25-26(16)11-8-17(19,20)9-11/h4-5,10-11,15,21H,6-9H2,1-3H3. The number of hydrogen-bond donors (Lipinski definition) is 1. The van der Waals surface area contributed by atoms with Crippen LogP contribution in [-0.2, 0) is 4.74 Å². The summed E-state index contributed by atoms with van der Waals surface area (Å²) in [5.41, 5.74) is 0.559. The molecule has 0 spiro atoms. The second-order valence-electron chi connectivity index (χ2n) is 6.93. The van der Waals surface area contributed by atoms with Crippen molar-refractivity contribution in [3.63, 3.8) is 0 Å². The van der Waals surface area contributed by atoms with Crippen LogP contribution < -0.4 is 10.1 Å². The van der Waals surface area contributed by atoms with E-state index in [2.05, 4.69) is 41.8 Å². The number of tetrazole rings is 1. The molecule has 1 aliphatic carbocycles. The lowest BCUT2D eigenvalue weighted by atomic mass is 9.88. The number of hydrogen-bond acceptors (Lipinski definition) is 7. The van der Waals surface area contributed by atoms with Crippen LogP contribution in [0.15, 0.2) is 16.7 Å². The summed E-state index contributed by atoms with van der Waals surface area (Å²) in [5, 5.41) is 15.1. The van der Waals surface area contributed by atoms with E-state index in [1.54, 1.807) is 19.2 Å². The van der Waals surface area contributed by atoms with Crippen molar-refractivity contribution < 1.29 is 18.3 Å². The molecule has 3 rings (SSSR count). The van der Waals surface area contributed by atoms with Gasteiger partial charge in [-0.1, -0.05) is 0 Å². The maximum Gasteiger partial charge on any atom is 0.252 e. The van der Waals surface area contributed by atoms with E-state index in [4.69, 9.17) is 9.47 Å². The highest BCUT2D eigenvalue weighted by Crippen LogP contribution is 2.46. The normalized spacial score (nSPS) is 17.5. The Labute approximate surface area is 170 Å². The summed E-state index contributed by atoms with van der Waals surface area (Å²) < 4.78 is 39.9. The summed E-state index contributed by atoms with van der Waals surface area (Å²) in [5.74, 6) is -1.72. The van der Waals surface area contributed by atoms with Gasteiger partial charge in [0.15, 0.2) is 5.82 Å². The molecule has 0 radical (unpaired) electrons. The van der Waals surface area contributed by atoms with Crippen LogP contribution in [0.4, 0.5) is 8.78 Å². The van der Waals surface area contributed by atoms with E-state index in [1.807, 2.05) is 13.8 Å². The molecule has 2 aromatic heterocycles. The number of halogens is 3. The van der Waals surface area contributed by atoms with Crippen LogP contribution in [0.5, 0.6) is 5.75 Å². The highest BCUT2D eigenvalue weighted by atomic mass is 79.9. The van der Waals surface area contributed by atoms with Crippen LogP contribution in [0.1, 0.15) is 50.3 Å². The lowest BCUT2D eigenvalue weighted by molar-refractivity contribution is -0.108. The summed E-state index contributed by atoms with van der Waals surface area (Å²) in [4.78, 5) is 4.52. The van der Waals surface area contributed by atoms with E-state index >= 15 is 0 Å². The predicted octanol–water partition coefficient (Wildman–Crippen LogP) is 2.91. The summed E-state index contributed by atoms with van der Waals surface area (Å²) in [7, 11) is 1.54. The first-order valence-electron chi connectivity index (χ1n) is 9.01. The second kappa shape index (κ2) is 8.75. The third-order valence-electron chi connectivity index (χ3n) is 4.44. The van der Waals surface area contributed by atoms with Gasteiger partial charge in [-0.05, 0) is 52.3 Å². The molecule has 1 aliphatic rings. The summed E-state index contributed by atoms with van der Waals surface area (Å²) in [6.07, 6.45) is -0.463. The first-order chi connectivity index (χ1) is 13.3. The zero-order valence-corrected chi connectivity index (χ0v) is 17.5. The molecule has 1 unspecified atom stereocenters. The fourth-order valence-electron chi connectivity index (χ4n) is 3.08. The minimum atomic E-state index is -2.67. The number of methoxy groups -OCH3 is 1. The van der Waals surface area contributed by atoms with Gasteiger partial charge in [-0.3, -0.25) is 5.32 Å². The number of alkyl halides is 2. The number of ether oxygens (including phenoxy) is 2. The Morgan fingerprint density at radius 3 is 2.75 bits per heavy atom. The largest absolute Gasteiger partial charge is 0.495 e. The van der Waals surface area contributed by atoms with Crippen molar-refractivity contribution in [3.8, 4) is 5.75 Å². The summed E-state index contributed by atoms with van der Waals surface area (Å²) >= 11 is 3.37. The fraction of sp³-hybridized carbons (Fsp3) is 0.647. The molecule has 0 bridgehead atoms. The molecule has 154 valence electrons. The highest BCUT2D eigenvalue weighted by Gasteiger charge is 2.48. The first-order valence-corrected chi connectivity index (χ1v) is 9.81. The molecule has 11 heteroatoms. The molecule has 1 N–H and O–H groups in total. The third-order valence-corrected chi connectivity index (χ3v) is 4.88. The molecule has 2 heterocycles. The average Bonchev–Trinajstić information content (AvgIpc) is 3.08. The maximum absolute atomic E-state index is 13.4. The number of nitrogens with one attached hydrogen (secondary N) is 1. The highest BCUT2D eigenvalue weighted by molar-refractivity contribution is 9.10. The molecular weight excluding hydrogens is 438 g/mol. The van der Waals surface area contributed by atoms with E-state index in [0.717, 1.165) is 0 Å². The molecule has 28 heavy (non-hydrogen) atoms. The van der Waals surface area contributed by atoms with E-state index in [9.17, 15) is 8.78 Å². The number of nitrogens with zero attached hydrogens (tertiary/aromatic N) is 5. The van der Waals surface area contributed by atoms with Gasteiger partial charge in [0.1, 0.15) is 22.1 Å². The smallest absolute Gasteiger partial charge is 0.252 e. The Bertz CT molecular complexity index is 796. The zero-order valence-electron chi connectivity index (χ0n) is 15.9. The SMILES string of the molecule is COc1ccc(Br)nc1C(NCCOC(C)C)c1nnnn1C1CC(F)(F)C1. The molecule has 0 saturated heterocycles. The van der Waals surface area contributed by atoms with E-state index in [-0.39, 0.29) is 18.9 Å². The lowest BCUT2D eigenvalue weighted by Gasteiger charge is -2.35. The Morgan fingerprint density at radius 1 is 1.36 bits per heavy atom. The Balaban J connectivity index is 1.90.